The van der Waals surface area contributed by atoms with Crippen LogP contribution in [0.4, 0.5) is 5.69 Å². The van der Waals surface area contributed by atoms with E-state index in [2.05, 4.69) is 64.3 Å². The molecule has 5 nitrogen and oxygen atoms in total. The van der Waals surface area contributed by atoms with Crippen LogP contribution in [0.5, 0.6) is 0 Å². The van der Waals surface area contributed by atoms with E-state index in [1.165, 1.54) is 5.56 Å². The first-order valence-corrected chi connectivity index (χ1v) is 7.67. The van der Waals surface area contributed by atoms with Crippen LogP contribution in [0.15, 0.2) is 49.1 Å². The molecule has 1 aromatic carbocycles. The van der Waals surface area contributed by atoms with E-state index >= 15 is 0 Å². The van der Waals surface area contributed by atoms with Crippen LogP contribution in [0.3, 0.4) is 0 Å². The fourth-order valence-electron chi connectivity index (χ4n) is 2.47. The lowest BCUT2D eigenvalue weighted by atomic mass is 10.2. The summed E-state index contributed by atoms with van der Waals surface area (Å²) in [6, 6.07) is 8.36. The Labute approximate surface area is 130 Å². The maximum absolute atomic E-state index is 4.45. The predicted octanol–water partition coefficient (Wildman–Crippen LogP) is 3.40. The number of aromatic nitrogens is 4. The van der Waals surface area contributed by atoms with Crippen molar-refractivity contribution in [1.29, 1.82) is 0 Å². The molecule has 114 valence electrons. The molecule has 0 aliphatic heterocycles. The van der Waals surface area contributed by atoms with Gasteiger partial charge in [0.15, 0.2) is 0 Å². The van der Waals surface area contributed by atoms with Gasteiger partial charge in [0.2, 0.25) is 0 Å². The molecule has 0 atom stereocenters. The SMILES string of the molecule is CCn1cc(CNc2cccc(-c3nccn3CC)c2)cn1. The van der Waals surface area contributed by atoms with Gasteiger partial charge in [-0.1, -0.05) is 12.1 Å². The summed E-state index contributed by atoms with van der Waals surface area (Å²) in [5, 5.41) is 7.74. The standard InChI is InChI=1S/C17H21N5/c1-3-21-9-8-18-17(21)15-6-5-7-16(10-15)19-11-14-12-20-22(4-2)13-14/h5-10,12-13,19H,3-4,11H2,1-2H3. The second kappa shape index (κ2) is 6.47. The average Bonchev–Trinajstić information content (AvgIpc) is 3.22. The minimum absolute atomic E-state index is 0.770. The Balaban J connectivity index is 1.74. The van der Waals surface area contributed by atoms with Crippen molar-refractivity contribution >= 4 is 5.69 Å². The van der Waals surface area contributed by atoms with Gasteiger partial charge in [-0.2, -0.15) is 5.10 Å². The first kappa shape index (κ1) is 14.4. The molecule has 0 aliphatic rings. The Morgan fingerprint density at radius 1 is 1.18 bits per heavy atom. The van der Waals surface area contributed by atoms with Gasteiger partial charge in [0.05, 0.1) is 6.20 Å². The number of nitrogens with zero attached hydrogens (tertiary/aromatic N) is 4. The van der Waals surface area contributed by atoms with Gasteiger partial charge in [-0.15, -0.1) is 0 Å². The number of hydrogen-bond donors (Lipinski definition) is 1. The van der Waals surface area contributed by atoms with E-state index < -0.39 is 0 Å². The van der Waals surface area contributed by atoms with Gasteiger partial charge in [0, 0.05) is 55.0 Å². The van der Waals surface area contributed by atoms with Crippen molar-refractivity contribution in [3.8, 4) is 11.4 Å². The second-order valence-corrected chi connectivity index (χ2v) is 5.18. The number of rotatable bonds is 6. The summed E-state index contributed by atoms with van der Waals surface area (Å²) >= 11 is 0. The summed E-state index contributed by atoms with van der Waals surface area (Å²) in [4.78, 5) is 4.45. The smallest absolute Gasteiger partial charge is 0.139 e. The zero-order chi connectivity index (χ0) is 15.4. The lowest BCUT2D eigenvalue weighted by molar-refractivity contribution is 0.659. The quantitative estimate of drug-likeness (QED) is 0.758. The number of nitrogens with one attached hydrogen (secondary N) is 1. The van der Waals surface area contributed by atoms with Gasteiger partial charge in [0.1, 0.15) is 5.82 Å². The topological polar surface area (TPSA) is 47.7 Å². The van der Waals surface area contributed by atoms with Crippen molar-refractivity contribution < 1.29 is 0 Å². The van der Waals surface area contributed by atoms with Crippen molar-refractivity contribution in [2.24, 2.45) is 0 Å². The van der Waals surface area contributed by atoms with Crippen molar-refractivity contribution in [2.45, 2.75) is 33.5 Å². The number of imidazole rings is 1. The van der Waals surface area contributed by atoms with Crippen LogP contribution in [0.25, 0.3) is 11.4 Å². The minimum Gasteiger partial charge on any atom is -0.381 e. The van der Waals surface area contributed by atoms with Crippen molar-refractivity contribution in [3.05, 3.63) is 54.6 Å². The highest BCUT2D eigenvalue weighted by Gasteiger charge is 2.05. The molecule has 0 aliphatic carbocycles. The molecule has 0 amide bonds. The number of anilines is 1. The van der Waals surface area contributed by atoms with Crippen LogP contribution in [-0.2, 0) is 19.6 Å². The van der Waals surface area contributed by atoms with Gasteiger partial charge >= 0.3 is 0 Å². The summed E-state index contributed by atoms with van der Waals surface area (Å²) in [7, 11) is 0. The first-order chi connectivity index (χ1) is 10.8. The molecule has 0 bridgehead atoms. The average molecular weight is 295 g/mol. The molecule has 0 saturated carbocycles. The van der Waals surface area contributed by atoms with E-state index in [4.69, 9.17) is 0 Å². The molecular weight excluding hydrogens is 274 g/mol. The molecule has 22 heavy (non-hydrogen) atoms. The minimum atomic E-state index is 0.770. The molecule has 0 saturated heterocycles. The summed E-state index contributed by atoms with van der Waals surface area (Å²) in [6.45, 7) is 6.80. The summed E-state index contributed by atoms with van der Waals surface area (Å²) in [6.07, 6.45) is 7.83. The van der Waals surface area contributed by atoms with Gasteiger partial charge in [-0.3, -0.25) is 4.68 Å². The molecule has 5 heteroatoms. The third-order valence-electron chi connectivity index (χ3n) is 3.68. The Kier molecular flexibility index (Phi) is 4.23. The van der Waals surface area contributed by atoms with Crippen LogP contribution in [0.2, 0.25) is 0 Å². The van der Waals surface area contributed by atoms with Crippen molar-refractivity contribution in [2.75, 3.05) is 5.32 Å². The van der Waals surface area contributed by atoms with Crippen LogP contribution in [-0.4, -0.2) is 19.3 Å². The maximum Gasteiger partial charge on any atom is 0.139 e. The molecular formula is C17H21N5. The van der Waals surface area contributed by atoms with E-state index in [1.807, 2.05) is 23.3 Å². The van der Waals surface area contributed by atoms with Gasteiger partial charge < -0.3 is 9.88 Å². The molecule has 2 aromatic heterocycles. The van der Waals surface area contributed by atoms with Gasteiger partial charge in [-0.05, 0) is 26.0 Å². The Morgan fingerprint density at radius 2 is 2.09 bits per heavy atom. The largest absolute Gasteiger partial charge is 0.381 e. The van der Waals surface area contributed by atoms with Crippen LogP contribution >= 0.6 is 0 Å². The molecule has 1 N–H and O–H groups in total. The van der Waals surface area contributed by atoms with Crippen molar-refractivity contribution in [3.63, 3.8) is 0 Å². The van der Waals surface area contributed by atoms with Gasteiger partial charge in [-0.25, -0.2) is 4.98 Å². The lowest BCUT2D eigenvalue weighted by Crippen LogP contribution is -2.00. The summed E-state index contributed by atoms with van der Waals surface area (Å²) in [5.74, 6) is 1.00. The first-order valence-electron chi connectivity index (χ1n) is 7.67. The molecule has 0 unspecified atom stereocenters. The number of aryl methyl sites for hydroxylation is 2. The van der Waals surface area contributed by atoms with Crippen molar-refractivity contribution in [1.82, 2.24) is 19.3 Å². The third kappa shape index (κ3) is 3.03. The monoisotopic (exact) mass is 295 g/mol. The summed E-state index contributed by atoms with van der Waals surface area (Å²) in [5.41, 5.74) is 3.40. The third-order valence-corrected chi connectivity index (χ3v) is 3.68. The highest BCUT2D eigenvalue weighted by molar-refractivity contribution is 5.62. The highest BCUT2D eigenvalue weighted by Crippen LogP contribution is 2.21. The zero-order valence-corrected chi connectivity index (χ0v) is 13.0. The number of hydrogen-bond acceptors (Lipinski definition) is 3. The molecule has 2 heterocycles. The molecule has 3 rings (SSSR count). The van der Waals surface area contributed by atoms with E-state index in [1.54, 1.807) is 0 Å². The molecule has 0 fully saturated rings. The zero-order valence-electron chi connectivity index (χ0n) is 13.0. The van der Waals surface area contributed by atoms with Gasteiger partial charge in [0.25, 0.3) is 0 Å². The normalized spacial score (nSPS) is 10.8. The van der Waals surface area contributed by atoms with E-state index in [0.717, 1.165) is 36.7 Å². The van der Waals surface area contributed by atoms with Crippen LogP contribution in [0, 0.1) is 0 Å². The Bertz CT molecular complexity index is 741. The summed E-state index contributed by atoms with van der Waals surface area (Å²) < 4.78 is 4.08. The van der Waals surface area contributed by atoms with Crippen LogP contribution in [0.1, 0.15) is 19.4 Å². The van der Waals surface area contributed by atoms with E-state index in [0.29, 0.717) is 0 Å². The lowest BCUT2D eigenvalue weighted by Gasteiger charge is -2.08. The molecule has 0 radical (unpaired) electrons. The number of benzene rings is 1. The van der Waals surface area contributed by atoms with E-state index in [9.17, 15) is 0 Å². The molecule has 0 spiro atoms. The van der Waals surface area contributed by atoms with Crippen LogP contribution < -0.4 is 5.32 Å². The fourth-order valence-corrected chi connectivity index (χ4v) is 2.47. The fraction of sp³-hybridized carbons (Fsp3) is 0.294. The predicted molar refractivity (Wildman–Crippen MR) is 88.6 cm³/mol. The maximum atomic E-state index is 4.45. The second-order valence-electron chi connectivity index (χ2n) is 5.18. The molecule has 3 aromatic rings. The Morgan fingerprint density at radius 3 is 2.86 bits per heavy atom. The van der Waals surface area contributed by atoms with E-state index in [-0.39, 0.29) is 0 Å². The Hall–Kier alpha value is -2.56. The highest BCUT2D eigenvalue weighted by atomic mass is 15.3.